The van der Waals surface area contributed by atoms with Crippen molar-refractivity contribution >= 4 is 17.4 Å². The van der Waals surface area contributed by atoms with Crippen LogP contribution in [0.25, 0.3) is 0 Å². The largest absolute Gasteiger partial charge is 0.358 e. The van der Waals surface area contributed by atoms with Crippen molar-refractivity contribution in [2.24, 2.45) is 10.4 Å². The summed E-state index contributed by atoms with van der Waals surface area (Å²) in [6.45, 7) is 14.4. The Morgan fingerprint density at radius 3 is 2.47 bits per heavy atom. The van der Waals surface area contributed by atoms with E-state index in [-0.39, 0.29) is 24.4 Å². The molecule has 1 heterocycles. The van der Waals surface area contributed by atoms with Crippen molar-refractivity contribution in [1.82, 2.24) is 5.32 Å². The molecule has 0 unspecified atom stereocenters. The summed E-state index contributed by atoms with van der Waals surface area (Å²) in [6.07, 6.45) is 14.5. The topological polar surface area (TPSA) is 41.5 Å². The van der Waals surface area contributed by atoms with Gasteiger partial charge in [-0.1, -0.05) is 0 Å². The van der Waals surface area contributed by atoms with Crippen molar-refractivity contribution < 1.29 is 21.8 Å². The molecule has 0 aromatic heterocycles. The van der Waals surface area contributed by atoms with Gasteiger partial charge in [-0.3, -0.25) is 0 Å². The van der Waals surface area contributed by atoms with Gasteiger partial charge in [0.25, 0.3) is 0 Å². The van der Waals surface area contributed by atoms with E-state index in [1.165, 1.54) is 5.57 Å². The molecule has 0 amide bonds. The molecular formula is C26H30N2OV. The van der Waals surface area contributed by atoms with E-state index < -0.39 is 0 Å². The summed E-state index contributed by atoms with van der Waals surface area (Å²) in [7, 11) is 0. The summed E-state index contributed by atoms with van der Waals surface area (Å²) in [5.41, 5.74) is 2.97. The molecule has 1 aliphatic heterocycles. The molecule has 0 spiro atoms. The molecule has 3 rings (SSSR count). The molecule has 0 radical (unpaired) electrons. The maximum Gasteiger partial charge on any atom is -0.358 e. The van der Waals surface area contributed by atoms with Crippen LogP contribution in [0.2, 0.25) is 0 Å². The van der Waals surface area contributed by atoms with Gasteiger partial charge < -0.3 is 12.2 Å². The molecule has 1 aromatic rings. The zero-order chi connectivity index (χ0) is 21.5. The first-order valence-electron chi connectivity index (χ1n) is 9.42. The van der Waals surface area contributed by atoms with Gasteiger partial charge in [-0.15, -0.1) is 0 Å². The molecule has 0 fully saturated rings. The van der Waals surface area contributed by atoms with Crippen molar-refractivity contribution in [3.8, 4) is 0 Å². The normalized spacial score (nSPS) is 24.2. The van der Waals surface area contributed by atoms with Gasteiger partial charge in [0.05, 0.1) is 0 Å². The minimum Gasteiger partial charge on any atom is -0.358 e. The number of allylic oxidation sites excluding steroid dienone is 6. The van der Waals surface area contributed by atoms with Gasteiger partial charge in [-0.2, -0.15) is 0 Å². The number of rotatable bonds is 5. The number of hydrogen-bond acceptors (Lipinski definition) is 3. The maximum atomic E-state index is 8.00. The SMILES string of the molecule is C=O.[CH-]=C/C=C(\[CH]=[V+2])[C@H]1N=C(c2ccccc2)N[C@@]1(C)C1=CC(C)(C)C=CC=C1.[CH3-]. The Kier molecular flexibility index (Phi) is 9.42. The van der Waals surface area contributed by atoms with Crippen LogP contribution in [0.3, 0.4) is 0 Å². The standard InChI is InChI=1S/C24H25N2.CH2O.CH3.V/c1-6-12-18(2)21-24(5,20-15-10-11-16-23(3,4)17-20)26-22(25-21)19-13-8-7-9-14-19;1-2;;/h1-2,6-17,21H,3-5H3,(H,25,26);1H2;1H3;/q-1;;-1;+2/b18-12+;;;/t21-,24+;;;/m1.../s1. The summed E-state index contributed by atoms with van der Waals surface area (Å²) in [5, 5.41) is 3.72. The third-order valence-corrected chi connectivity index (χ3v) is 5.49. The van der Waals surface area contributed by atoms with Crippen molar-refractivity contribution in [3.05, 3.63) is 104 Å². The van der Waals surface area contributed by atoms with Crippen LogP contribution in [0.4, 0.5) is 0 Å². The number of nitrogens with zero attached hydrogens (tertiary/aromatic N) is 1. The van der Waals surface area contributed by atoms with Crippen LogP contribution in [0.1, 0.15) is 26.3 Å². The Morgan fingerprint density at radius 1 is 1.20 bits per heavy atom. The van der Waals surface area contributed by atoms with E-state index in [4.69, 9.17) is 16.4 Å². The van der Waals surface area contributed by atoms with Crippen molar-refractivity contribution in [1.29, 1.82) is 0 Å². The predicted octanol–water partition coefficient (Wildman–Crippen LogP) is 4.77. The Labute approximate surface area is 190 Å². The third-order valence-electron chi connectivity index (χ3n) is 5.02. The van der Waals surface area contributed by atoms with Gasteiger partial charge in [0.2, 0.25) is 0 Å². The molecule has 1 aromatic carbocycles. The summed E-state index contributed by atoms with van der Waals surface area (Å²) >= 11 is 2.52. The molecule has 1 aliphatic carbocycles. The van der Waals surface area contributed by atoms with Gasteiger partial charge >= 0.3 is 172 Å². The molecule has 2 atom stereocenters. The van der Waals surface area contributed by atoms with Gasteiger partial charge in [-0.25, -0.2) is 0 Å². The smallest absolute Gasteiger partial charge is 0.358 e. The Bertz CT molecular complexity index is 906. The second kappa shape index (κ2) is 11.1. The van der Waals surface area contributed by atoms with Crippen molar-refractivity contribution in [2.45, 2.75) is 32.4 Å². The van der Waals surface area contributed by atoms with Gasteiger partial charge in [0.15, 0.2) is 0 Å². The number of nitrogens with one attached hydrogen (secondary N) is 1. The quantitative estimate of drug-likeness (QED) is 0.533. The van der Waals surface area contributed by atoms with Gasteiger partial charge in [-0.05, 0) is 0 Å². The Morgan fingerprint density at radius 2 is 1.87 bits per heavy atom. The number of amidine groups is 1. The second-order valence-electron chi connectivity index (χ2n) is 7.70. The number of carbonyl (C=O) groups excluding carboxylic acids is 1. The molecule has 3 nitrogen and oxygen atoms in total. The van der Waals surface area contributed by atoms with E-state index in [1.807, 2.05) is 35.8 Å². The fraction of sp³-hybridized carbons (Fsp3) is 0.231. The summed E-state index contributed by atoms with van der Waals surface area (Å²) in [5.74, 6) is 0.907. The van der Waals surface area contributed by atoms with E-state index in [0.717, 1.165) is 17.0 Å². The molecule has 30 heavy (non-hydrogen) atoms. The fourth-order valence-corrected chi connectivity index (χ4v) is 3.94. The fourth-order valence-electron chi connectivity index (χ4n) is 3.58. The van der Waals surface area contributed by atoms with Gasteiger partial charge in [0.1, 0.15) is 6.79 Å². The number of hydrogen-bond donors (Lipinski definition) is 1. The number of carbonyl (C=O) groups is 1. The van der Waals surface area contributed by atoms with Crippen LogP contribution in [-0.2, 0) is 21.8 Å². The zero-order valence-electron chi connectivity index (χ0n) is 18.2. The van der Waals surface area contributed by atoms with Gasteiger partial charge in [0, 0.05) is 0 Å². The number of aliphatic imine (C=N–C) groups is 1. The van der Waals surface area contributed by atoms with Crippen LogP contribution in [-0.4, -0.2) is 28.9 Å². The molecule has 0 saturated heterocycles. The van der Waals surface area contributed by atoms with E-state index in [9.17, 15) is 0 Å². The molecule has 0 saturated carbocycles. The summed E-state index contributed by atoms with van der Waals surface area (Å²) < 4.78 is 2.03. The Hall–Kier alpha value is -2.49. The first-order valence-corrected chi connectivity index (χ1v) is 10.2. The second-order valence-corrected chi connectivity index (χ2v) is 8.10. The van der Waals surface area contributed by atoms with Crippen molar-refractivity contribution in [2.75, 3.05) is 0 Å². The maximum absolute atomic E-state index is 8.00. The minimum absolute atomic E-state index is 0. The van der Waals surface area contributed by atoms with Crippen LogP contribution in [0, 0.1) is 19.4 Å². The molecule has 0 bridgehead atoms. The first-order chi connectivity index (χ1) is 13.9. The monoisotopic (exact) mass is 437 g/mol. The average molecular weight is 437 g/mol. The average Bonchev–Trinajstić information content (AvgIpc) is 2.97. The zero-order valence-corrected chi connectivity index (χ0v) is 19.6. The summed E-state index contributed by atoms with van der Waals surface area (Å²) in [6, 6.07) is 10.2. The summed E-state index contributed by atoms with van der Waals surface area (Å²) in [4.78, 5) is 13.1. The van der Waals surface area contributed by atoms with E-state index in [1.54, 1.807) is 6.08 Å². The third kappa shape index (κ3) is 5.56. The molecule has 155 valence electrons. The van der Waals surface area contributed by atoms with Crippen LogP contribution in [0.15, 0.2) is 89.0 Å². The molecule has 2 aliphatic rings. The van der Waals surface area contributed by atoms with E-state index in [0.29, 0.717) is 0 Å². The Balaban J connectivity index is 0.00000146. The van der Waals surface area contributed by atoms with Crippen LogP contribution in [0.5, 0.6) is 0 Å². The molecular weight excluding hydrogens is 407 g/mol. The number of benzene rings is 1. The molecule has 1 N–H and O–H groups in total. The van der Waals surface area contributed by atoms with Crippen LogP contribution < -0.4 is 5.32 Å². The minimum atomic E-state index is -0.379. The van der Waals surface area contributed by atoms with Crippen molar-refractivity contribution in [3.63, 3.8) is 0 Å². The van der Waals surface area contributed by atoms with Crippen LogP contribution >= 0.6 is 0 Å². The predicted molar refractivity (Wildman–Crippen MR) is 125 cm³/mol. The van der Waals surface area contributed by atoms with E-state index >= 15 is 0 Å². The van der Waals surface area contributed by atoms with E-state index in [2.05, 4.69) is 85.6 Å². The first kappa shape index (κ1) is 25.6. The molecule has 4 heteroatoms.